The summed E-state index contributed by atoms with van der Waals surface area (Å²) in [5.41, 5.74) is 2.68. The summed E-state index contributed by atoms with van der Waals surface area (Å²) in [6, 6.07) is 7.55. The third kappa shape index (κ3) is 4.50. The van der Waals surface area contributed by atoms with Crippen molar-refractivity contribution in [2.24, 2.45) is 0 Å². The molecule has 1 unspecified atom stereocenters. The predicted octanol–water partition coefficient (Wildman–Crippen LogP) is 4.52. The molecule has 2 aromatic rings. The Morgan fingerprint density at radius 2 is 1.89 bits per heavy atom. The Kier molecular flexibility index (Phi) is 6.16. The van der Waals surface area contributed by atoms with Gasteiger partial charge in [-0.15, -0.1) is 11.3 Å². The summed E-state index contributed by atoms with van der Waals surface area (Å²) in [5.74, 6) is -0.00151. The fraction of sp³-hybridized carbons (Fsp3) is 0.429. The van der Waals surface area contributed by atoms with E-state index in [1.165, 1.54) is 16.2 Å². The number of benzene rings is 1. The Balaban J connectivity index is 1.77. The smallest absolute Gasteiger partial charge is 0.341 e. The standard InChI is InChI=1S/C21H25NO4S/c1-4-25-21(24)18-16-7-5-6-8-17(16)27-20(18)22-19(23)14(3)26-15-11-9-13(2)10-12-15/h9-12,14H,4-8H2,1-3H3,(H,22,23). The molecular weight excluding hydrogens is 362 g/mol. The lowest BCUT2D eigenvalue weighted by molar-refractivity contribution is -0.122. The van der Waals surface area contributed by atoms with Crippen LogP contribution in [0.1, 0.15) is 53.1 Å². The largest absolute Gasteiger partial charge is 0.481 e. The van der Waals surface area contributed by atoms with Crippen molar-refractivity contribution in [3.05, 3.63) is 45.8 Å². The molecule has 1 aromatic carbocycles. The Morgan fingerprint density at radius 3 is 2.59 bits per heavy atom. The van der Waals surface area contributed by atoms with Gasteiger partial charge in [-0.25, -0.2) is 4.79 Å². The summed E-state index contributed by atoms with van der Waals surface area (Å²) in [6.45, 7) is 5.79. The van der Waals surface area contributed by atoms with Gasteiger partial charge >= 0.3 is 5.97 Å². The molecule has 3 rings (SSSR count). The maximum atomic E-state index is 12.6. The number of fused-ring (bicyclic) bond motifs is 1. The first-order valence-electron chi connectivity index (χ1n) is 9.35. The number of esters is 1. The molecule has 5 nitrogen and oxygen atoms in total. The van der Waals surface area contributed by atoms with Crippen molar-refractivity contribution in [1.82, 2.24) is 0 Å². The number of rotatable bonds is 6. The van der Waals surface area contributed by atoms with Crippen LogP contribution in [0, 0.1) is 6.92 Å². The molecule has 1 N–H and O–H groups in total. The molecule has 0 fully saturated rings. The molecule has 0 aliphatic heterocycles. The lowest BCUT2D eigenvalue weighted by Gasteiger charge is -2.15. The van der Waals surface area contributed by atoms with Crippen molar-refractivity contribution in [3.63, 3.8) is 0 Å². The van der Waals surface area contributed by atoms with Crippen LogP contribution in [0.15, 0.2) is 24.3 Å². The first-order valence-corrected chi connectivity index (χ1v) is 10.2. The molecule has 1 atom stereocenters. The number of nitrogens with one attached hydrogen (secondary N) is 1. The van der Waals surface area contributed by atoms with Gasteiger partial charge in [-0.2, -0.15) is 0 Å². The number of thiophene rings is 1. The molecule has 1 heterocycles. The van der Waals surface area contributed by atoms with Crippen LogP contribution in [0.25, 0.3) is 0 Å². The van der Waals surface area contributed by atoms with Crippen molar-refractivity contribution >= 4 is 28.2 Å². The van der Waals surface area contributed by atoms with Gasteiger partial charge in [-0.3, -0.25) is 4.79 Å². The average molecular weight is 388 g/mol. The maximum absolute atomic E-state index is 12.6. The second-order valence-corrected chi connectivity index (χ2v) is 7.80. The molecule has 0 radical (unpaired) electrons. The zero-order chi connectivity index (χ0) is 19.4. The lowest BCUT2D eigenvalue weighted by Crippen LogP contribution is -2.30. The summed E-state index contributed by atoms with van der Waals surface area (Å²) in [6.07, 6.45) is 3.28. The number of carbonyl (C=O) groups excluding carboxylic acids is 2. The van der Waals surface area contributed by atoms with E-state index in [9.17, 15) is 9.59 Å². The Labute approximate surface area is 163 Å². The minimum atomic E-state index is -0.679. The van der Waals surface area contributed by atoms with Crippen LogP contribution in [-0.2, 0) is 22.4 Å². The summed E-state index contributed by atoms with van der Waals surface area (Å²) in [7, 11) is 0. The fourth-order valence-corrected chi connectivity index (χ4v) is 4.44. The van der Waals surface area contributed by atoms with E-state index in [2.05, 4.69) is 5.32 Å². The average Bonchev–Trinajstić information content (AvgIpc) is 3.01. The van der Waals surface area contributed by atoms with E-state index in [0.717, 1.165) is 36.8 Å². The summed E-state index contributed by atoms with van der Waals surface area (Å²) in [4.78, 5) is 26.3. The van der Waals surface area contributed by atoms with Crippen molar-refractivity contribution in [1.29, 1.82) is 0 Å². The highest BCUT2D eigenvalue weighted by Gasteiger charge is 2.28. The van der Waals surface area contributed by atoms with Crippen LogP contribution in [0.2, 0.25) is 0 Å². The van der Waals surface area contributed by atoms with Gasteiger partial charge in [0.1, 0.15) is 10.8 Å². The molecule has 6 heteroatoms. The second kappa shape index (κ2) is 8.57. The van der Waals surface area contributed by atoms with Gasteiger partial charge in [0.2, 0.25) is 0 Å². The number of anilines is 1. The highest BCUT2D eigenvalue weighted by molar-refractivity contribution is 7.17. The zero-order valence-corrected chi connectivity index (χ0v) is 16.8. The van der Waals surface area contributed by atoms with E-state index in [4.69, 9.17) is 9.47 Å². The zero-order valence-electron chi connectivity index (χ0n) is 16.0. The number of aryl methyl sites for hydroxylation is 2. The number of carbonyl (C=O) groups is 2. The van der Waals surface area contributed by atoms with Gasteiger partial charge in [0, 0.05) is 4.88 Å². The third-order valence-corrected chi connectivity index (χ3v) is 5.80. The highest BCUT2D eigenvalue weighted by Crippen LogP contribution is 2.38. The Hall–Kier alpha value is -2.34. The van der Waals surface area contributed by atoms with E-state index < -0.39 is 6.10 Å². The lowest BCUT2D eigenvalue weighted by atomic mass is 9.95. The minimum Gasteiger partial charge on any atom is -0.481 e. The van der Waals surface area contributed by atoms with E-state index in [1.54, 1.807) is 13.8 Å². The van der Waals surface area contributed by atoms with Gasteiger partial charge in [0.25, 0.3) is 5.91 Å². The Bertz CT molecular complexity index is 825. The molecule has 0 saturated carbocycles. The molecule has 1 aliphatic rings. The molecule has 1 aromatic heterocycles. The van der Waals surface area contributed by atoms with E-state index >= 15 is 0 Å². The summed E-state index contributed by atoms with van der Waals surface area (Å²) < 4.78 is 11.0. The number of hydrogen-bond donors (Lipinski definition) is 1. The van der Waals surface area contributed by atoms with Gasteiger partial charge in [-0.05, 0) is 64.2 Å². The number of amides is 1. The number of hydrogen-bond acceptors (Lipinski definition) is 5. The molecule has 0 saturated heterocycles. The van der Waals surface area contributed by atoms with Crippen LogP contribution in [-0.4, -0.2) is 24.6 Å². The van der Waals surface area contributed by atoms with Crippen molar-refractivity contribution < 1.29 is 19.1 Å². The maximum Gasteiger partial charge on any atom is 0.341 e. The Morgan fingerprint density at radius 1 is 1.19 bits per heavy atom. The summed E-state index contributed by atoms with van der Waals surface area (Å²) >= 11 is 1.48. The topological polar surface area (TPSA) is 64.6 Å². The quantitative estimate of drug-likeness (QED) is 0.740. The predicted molar refractivity (Wildman–Crippen MR) is 107 cm³/mol. The molecule has 144 valence electrons. The normalized spacial score (nSPS) is 14.2. The van der Waals surface area contributed by atoms with Crippen molar-refractivity contribution in [3.8, 4) is 5.75 Å². The van der Waals surface area contributed by atoms with E-state index in [1.807, 2.05) is 31.2 Å². The van der Waals surface area contributed by atoms with Crippen LogP contribution < -0.4 is 10.1 Å². The molecule has 0 bridgehead atoms. The van der Waals surface area contributed by atoms with Crippen molar-refractivity contribution in [2.45, 2.75) is 52.6 Å². The SMILES string of the molecule is CCOC(=O)c1c(NC(=O)C(C)Oc2ccc(C)cc2)sc2c1CCCC2. The molecular formula is C21H25NO4S. The molecule has 0 spiro atoms. The third-order valence-electron chi connectivity index (χ3n) is 4.59. The first-order chi connectivity index (χ1) is 13.0. The van der Waals surface area contributed by atoms with Gasteiger partial charge in [0.15, 0.2) is 6.10 Å². The number of ether oxygens (including phenoxy) is 2. The highest BCUT2D eigenvalue weighted by atomic mass is 32.1. The first kappa shape index (κ1) is 19.4. The minimum absolute atomic E-state index is 0.278. The molecule has 1 aliphatic carbocycles. The van der Waals surface area contributed by atoms with Crippen LogP contribution >= 0.6 is 11.3 Å². The molecule has 1 amide bonds. The fourth-order valence-electron chi connectivity index (χ4n) is 3.16. The monoisotopic (exact) mass is 387 g/mol. The van der Waals surface area contributed by atoms with E-state index in [0.29, 0.717) is 22.9 Å². The van der Waals surface area contributed by atoms with Gasteiger partial charge < -0.3 is 14.8 Å². The molecule has 27 heavy (non-hydrogen) atoms. The van der Waals surface area contributed by atoms with Crippen LogP contribution in [0.3, 0.4) is 0 Å². The van der Waals surface area contributed by atoms with Crippen LogP contribution in [0.5, 0.6) is 5.75 Å². The van der Waals surface area contributed by atoms with Gasteiger partial charge in [-0.1, -0.05) is 17.7 Å². The summed E-state index contributed by atoms with van der Waals surface area (Å²) in [5, 5.41) is 3.47. The van der Waals surface area contributed by atoms with Crippen molar-refractivity contribution in [2.75, 3.05) is 11.9 Å². The van der Waals surface area contributed by atoms with E-state index in [-0.39, 0.29) is 11.9 Å². The van der Waals surface area contributed by atoms with Crippen LogP contribution in [0.4, 0.5) is 5.00 Å². The second-order valence-electron chi connectivity index (χ2n) is 6.70. The van der Waals surface area contributed by atoms with Gasteiger partial charge in [0.05, 0.1) is 12.2 Å².